The summed E-state index contributed by atoms with van der Waals surface area (Å²) in [5, 5.41) is 8.44. The molecule has 3 rings (SSSR count). The van der Waals surface area contributed by atoms with Crippen molar-refractivity contribution in [1.82, 2.24) is 5.32 Å². The van der Waals surface area contributed by atoms with Crippen LogP contribution >= 0.6 is 0 Å². The van der Waals surface area contributed by atoms with Gasteiger partial charge in [-0.05, 0) is 48.2 Å². The summed E-state index contributed by atoms with van der Waals surface area (Å²) >= 11 is 0. The lowest BCUT2D eigenvalue weighted by atomic mass is 10.1. The minimum atomic E-state index is -0.226. The number of hydrogen-bond acceptors (Lipinski definition) is 3. The fraction of sp³-hybridized carbons (Fsp3) is 0.286. The van der Waals surface area contributed by atoms with Gasteiger partial charge in [0.15, 0.2) is 0 Å². The number of rotatable bonds is 6. The van der Waals surface area contributed by atoms with E-state index in [0.29, 0.717) is 29.4 Å². The van der Waals surface area contributed by atoms with Crippen LogP contribution in [-0.2, 0) is 16.1 Å². The van der Waals surface area contributed by atoms with Crippen LogP contribution in [0.15, 0.2) is 48.5 Å². The van der Waals surface area contributed by atoms with E-state index >= 15 is 0 Å². The molecule has 3 N–H and O–H groups in total. The fourth-order valence-electron chi connectivity index (χ4n) is 2.91. The molecule has 3 amide bonds. The van der Waals surface area contributed by atoms with Gasteiger partial charge in [-0.25, -0.2) is 0 Å². The lowest BCUT2D eigenvalue weighted by Gasteiger charge is -2.09. The zero-order chi connectivity index (χ0) is 19.4. The Labute approximate surface area is 158 Å². The van der Waals surface area contributed by atoms with E-state index in [4.69, 9.17) is 0 Å². The molecule has 1 aliphatic rings. The standard InChI is InChI=1S/C21H23N3O3/c1-13-9-19(13)21(27)24-18-8-4-6-16(11-18)20(26)22-12-15-5-3-7-17(10-15)23-14(2)25/h3-8,10-11,13,19H,9,12H2,1-2H3,(H,22,26)(H,23,25)(H,24,27). The predicted molar refractivity (Wildman–Crippen MR) is 104 cm³/mol. The van der Waals surface area contributed by atoms with Crippen molar-refractivity contribution in [3.63, 3.8) is 0 Å². The van der Waals surface area contributed by atoms with Gasteiger partial charge in [0, 0.05) is 36.3 Å². The molecule has 0 bridgehead atoms. The lowest BCUT2D eigenvalue weighted by Crippen LogP contribution is -2.23. The van der Waals surface area contributed by atoms with Gasteiger partial charge in [-0.1, -0.05) is 25.1 Å². The molecule has 140 valence electrons. The third kappa shape index (κ3) is 5.17. The van der Waals surface area contributed by atoms with E-state index in [1.807, 2.05) is 18.2 Å². The fourth-order valence-corrected chi connectivity index (χ4v) is 2.91. The van der Waals surface area contributed by atoms with Crippen LogP contribution in [0, 0.1) is 11.8 Å². The first-order chi connectivity index (χ1) is 12.9. The van der Waals surface area contributed by atoms with Gasteiger partial charge in [0.05, 0.1) is 0 Å². The average molecular weight is 365 g/mol. The molecule has 1 fully saturated rings. The van der Waals surface area contributed by atoms with E-state index in [-0.39, 0.29) is 23.6 Å². The zero-order valence-electron chi connectivity index (χ0n) is 15.4. The maximum Gasteiger partial charge on any atom is 0.251 e. The SMILES string of the molecule is CC(=O)Nc1cccc(CNC(=O)c2cccc(NC(=O)C3CC3C)c2)c1. The van der Waals surface area contributed by atoms with Crippen molar-refractivity contribution in [3.8, 4) is 0 Å². The predicted octanol–water partition coefficient (Wildman–Crippen LogP) is 3.17. The van der Waals surface area contributed by atoms with Gasteiger partial charge < -0.3 is 16.0 Å². The number of carbonyl (C=O) groups excluding carboxylic acids is 3. The zero-order valence-corrected chi connectivity index (χ0v) is 15.4. The molecule has 6 nitrogen and oxygen atoms in total. The molecule has 2 aromatic carbocycles. The van der Waals surface area contributed by atoms with Crippen molar-refractivity contribution in [1.29, 1.82) is 0 Å². The molecule has 0 spiro atoms. The number of carbonyl (C=O) groups is 3. The summed E-state index contributed by atoms with van der Waals surface area (Å²) in [6.45, 7) is 3.83. The first kappa shape index (κ1) is 18.6. The third-order valence-electron chi connectivity index (χ3n) is 4.54. The Balaban J connectivity index is 1.59. The smallest absolute Gasteiger partial charge is 0.251 e. The van der Waals surface area contributed by atoms with Crippen LogP contribution in [0.2, 0.25) is 0 Å². The number of anilines is 2. The molecule has 2 aromatic rings. The van der Waals surface area contributed by atoms with Crippen molar-refractivity contribution in [2.45, 2.75) is 26.8 Å². The van der Waals surface area contributed by atoms with Crippen LogP contribution in [0.5, 0.6) is 0 Å². The van der Waals surface area contributed by atoms with Gasteiger partial charge in [-0.2, -0.15) is 0 Å². The third-order valence-corrected chi connectivity index (χ3v) is 4.54. The van der Waals surface area contributed by atoms with E-state index in [2.05, 4.69) is 22.9 Å². The average Bonchev–Trinajstić information content (AvgIpc) is 3.36. The molecule has 0 aromatic heterocycles. The molecule has 1 saturated carbocycles. The second-order valence-electron chi connectivity index (χ2n) is 6.95. The van der Waals surface area contributed by atoms with E-state index in [1.54, 1.807) is 30.3 Å². The molecule has 0 heterocycles. The summed E-state index contributed by atoms with van der Waals surface area (Å²) in [5.41, 5.74) is 2.67. The van der Waals surface area contributed by atoms with Crippen LogP contribution in [0.25, 0.3) is 0 Å². The highest BCUT2D eigenvalue weighted by Crippen LogP contribution is 2.38. The highest BCUT2D eigenvalue weighted by molar-refractivity contribution is 5.98. The van der Waals surface area contributed by atoms with E-state index < -0.39 is 0 Å². The van der Waals surface area contributed by atoms with Gasteiger partial charge >= 0.3 is 0 Å². The van der Waals surface area contributed by atoms with Crippen molar-refractivity contribution in [3.05, 3.63) is 59.7 Å². The molecule has 1 aliphatic carbocycles. The van der Waals surface area contributed by atoms with Crippen molar-refractivity contribution in [2.75, 3.05) is 10.6 Å². The van der Waals surface area contributed by atoms with Crippen LogP contribution in [0.3, 0.4) is 0 Å². The minimum absolute atomic E-state index is 0.00912. The molecule has 0 saturated heterocycles. The quantitative estimate of drug-likeness (QED) is 0.735. The number of benzene rings is 2. The van der Waals surface area contributed by atoms with E-state index in [0.717, 1.165) is 12.0 Å². The second kappa shape index (κ2) is 8.03. The summed E-state index contributed by atoms with van der Waals surface area (Å²) in [7, 11) is 0. The van der Waals surface area contributed by atoms with Crippen LogP contribution in [0.4, 0.5) is 11.4 Å². The largest absolute Gasteiger partial charge is 0.348 e. The Hall–Kier alpha value is -3.15. The summed E-state index contributed by atoms with van der Waals surface area (Å²) in [5.74, 6) is 0.157. The van der Waals surface area contributed by atoms with Crippen LogP contribution in [0.1, 0.15) is 36.2 Å². The molecular formula is C21H23N3O3. The van der Waals surface area contributed by atoms with Crippen molar-refractivity contribution >= 4 is 29.1 Å². The van der Waals surface area contributed by atoms with E-state index in [1.165, 1.54) is 6.92 Å². The van der Waals surface area contributed by atoms with Gasteiger partial charge in [-0.3, -0.25) is 14.4 Å². The van der Waals surface area contributed by atoms with Gasteiger partial charge in [0.25, 0.3) is 5.91 Å². The van der Waals surface area contributed by atoms with Crippen molar-refractivity contribution in [2.24, 2.45) is 11.8 Å². The minimum Gasteiger partial charge on any atom is -0.348 e. The van der Waals surface area contributed by atoms with Crippen molar-refractivity contribution < 1.29 is 14.4 Å². The molecule has 0 radical (unpaired) electrons. The number of hydrogen-bond donors (Lipinski definition) is 3. The van der Waals surface area contributed by atoms with Crippen LogP contribution < -0.4 is 16.0 Å². The summed E-state index contributed by atoms with van der Waals surface area (Å²) in [6, 6.07) is 14.2. The summed E-state index contributed by atoms with van der Waals surface area (Å²) < 4.78 is 0. The molecular weight excluding hydrogens is 342 g/mol. The van der Waals surface area contributed by atoms with Gasteiger partial charge in [0.1, 0.15) is 0 Å². The topological polar surface area (TPSA) is 87.3 Å². The second-order valence-corrected chi connectivity index (χ2v) is 6.95. The van der Waals surface area contributed by atoms with Gasteiger partial charge in [0.2, 0.25) is 11.8 Å². The molecule has 0 aliphatic heterocycles. The lowest BCUT2D eigenvalue weighted by molar-refractivity contribution is -0.117. The molecule has 2 unspecified atom stereocenters. The number of nitrogens with one attached hydrogen (secondary N) is 3. The molecule has 2 atom stereocenters. The first-order valence-electron chi connectivity index (χ1n) is 8.98. The highest BCUT2D eigenvalue weighted by atomic mass is 16.2. The monoisotopic (exact) mass is 365 g/mol. The Morgan fingerprint density at radius 1 is 1.00 bits per heavy atom. The summed E-state index contributed by atoms with van der Waals surface area (Å²) in [4.78, 5) is 35.6. The maximum atomic E-state index is 12.4. The van der Waals surface area contributed by atoms with Crippen LogP contribution in [-0.4, -0.2) is 17.7 Å². The molecule has 6 heteroatoms. The normalized spacial score (nSPS) is 17.7. The Kier molecular flexibility index (Phi) is 5.54. The highest BCUT2D eigenvalue weighted by Gasteiger charge is 2.39. The molecule has 27 heavy (non-hydrogen) atoms. The Bertz CT molecular complexity index is 878. The maximum absolute atomic E-state index is 12.4. The van der Waals surface area contributed by atoms with Gasteiger partial charge in [-0.15, -0.1) is 0 Å². The Morgan fingerprint density at radius 2 is 1.67 bits per heavy atom. The van der Waals surface area contributed by atoms with E-state index in [9.17, 15) is 14.4 Å². The Morgan fingerprint density at radius 3 is 2.33 bits per heavy atom. The number of amides is 3. The summed E-state index contributed by atoms with van der Waals surface area (Å²) in [6.07, 6.45) is 0.920. The first-order valence-corrected chi connectivity index (χ1v) is 8.98.